The van der Waals surface area contributed by atoms with Crippen molar-refractivity contribution in [3.05, 3.63) is 227 Å². The molecule has 0 saturated heterocycles. The molecule has 0 fully saturated rings. The Kier molecular flexibility index (Phi) is 10.9. The molecule has 0 heterocycles. The Balaban J connectivity index is 0.000000176. The van der Waals surface area contributed by atoms with E-state index in [4.69, 9.17) is 0 Å². The maximum Gasteiger partial charge on any atom is 2.00 e. The zero-order valence-corrected chi connectivity index (χ0v) is 24.2. The fourth-order valence-electron chi connectivity index (χ4n) is 4.63. The minimum absolute atomic E-state index is 0. The van der Waals surface area contributed by atoms with Crippen LogP contribution in [0.15, 0.2) is 182 Å². The summed E-state index contributed by atoms with van der Waals surface area (Å²) in [6.07, 6.45) is 0. The van der Waals surface area contributed by atoms with Crippen molar-refractivity contribution in [2.24, 2.45) is 0 Å². The average molecular weight is 527 g/mol. The van der Waals surface area contributed by atoms with Crippen molar-refractivity contribution in [2.75, 3.05) is 0 Å². The predicted molar refractivity (Wildman–Crippen MR) is 166 cm³/mol. The van der Waals surface area contributed by atoms with E-state index in [1.807, 2.05) is 0 Å². The molecular formula is C38H30Ca. The first-order chi connectivity index (χ1) is 18.9. The number of hydrogen-bond donors (Lipinski definition) is 0. The van der Waals surface area contributed by atoms with Gasteiger partial charge in [-0.2, -0.15) is 0 Å². The molecule has 0 aliphatic carbocycles. The number of benzene rings is 6. The molecular weight excluding hydrogens is 496 g/mol. The van der Waals surface area contributed by atoms with Crippen LogP contribution in [0.25, 0.3) is 0 Å². The fourth-order valence-corrected chi connectivity index (χ4v) is 4.63. The molecule has 0 amide bonds. The second kappa shape index (κ2) is 15.0. The molecule has 0 atom stereocenters. The van der Waals surface area contributed by atoms with Crippen LogP contribution in [-0.4, -0.2) is 37.7 Å². The zero-order valence-electron chi connectivity index (χ0n) is 22.0. The van der Waals surface area contributed by atoms with E-state index in [2.05, 4.69) is 182 Å². The summed E-state index contributed by atoms with van der Waals surface area (Å²) in [6, 6.07) is 63.3. The van der Waals surface area contributed by atoms with Gasteiger partial charge in [0.05, 0.1) is 0 Å². The van der Waals surface area contributed by atoms with Crippen LogP contribution in [0.5, 0.6) is 0 Å². The van der Waals surface area contributed by atoms with E-state index >= 15 is 0 Å². The van der Waals surface area contributed by atoms with Crippen LogP contribution < -0.4 is 0 Å². The molecule has 6 aromatic rings. The molecule has 0 spiro atoms. The summed E-state index contributed by atoms with van der Waals surface area (Å²) in [5, 5.41) is 0. The van der Waals surface area contributed by atoms with Gasteiger partial charge in [0, 0.05) is 0 Å². The van der Waals surface area contributed by atoms with Crippen molar-refractivity contribution >= 4 is 37.7 Å². The van der Waals surface area contributed by atoms with Crippen molar-refractivity contribution in [2.45, 2.75) is 0 Å². The van der Waals surface area contributed by atoms with Gasteiger partial charge in [-0.3, -0.25) is 0 Å². The molecule has 0 aromatic heterocycles. The van der Waals surface area contributed by atoms with Gasteiger partial charge < -0.3 is 0 Å². The van der Waals surface area contributed by atoms with Crippen LogP contribution in [0.1, 0.15) is 33.4 Å². The van der Waals surface area contributed by atoms with Crippen LogP contribution >= 0.6 is 0 Å². The second-order valence-corrected chi connectivity index (χ2v) is 8.95. The monoisotopic (exact) mass is 526 g/mol. The summed E-state index contributed by atoms with van der Waals surface area (Å²) in [7, 11) is 0. The second-order valence-electron chi connectivity index (χ2n) is 8.95. The first-order valence-corrected chi connectivity index (χ1v) is 13.0. The van der Waals surface area contributed by atoms with E-state index < -0.39 is 0 Å². The first-order valence-electron chi connectivity index (χ1n) is 13.0. The third kappa shape index (κ3) is 7.68. The van der Waals surface area contributed by atoms with Gasteiger partial charge >= 0.3 is 37.7 Å². The fraction of sp³-hybridized carbons (Fsp3) is 0. The Hall–Kier alpha value is -3.68. The third-order valence-electron chi connectivity index (χ3n) is 6.37. The predicted octanol–water partition coefficient (Wildman–Crippen LogP) is 9.03. The van der Waals surface area contributed by atoms with E-state index in [-0.39, 0.29) is 37.7 Å². The molecule has 0 bridgehead atoms. The molecule has 0 aliphatic rings. The van der Waals surface area contributed by atoms with E-state index in [1.54, 1.807) is 0 Å². The molecule has 184 valence electrons. The summed E-state index contributed by atoms with van der Waals surface area (Å²) >= 11 is 0. The van der Waals surface area contributed by atoms with E-state index in [0.717, 1.165) is 0 Å². The van der Waals surface area contributed by atoms with Gasteiger partial charge in [-0.1, -0.05) is 227 Å². The molecule has 0 unspecified atom stereocenters. The largest absolute Gasteiger partial charge is 2.00 e. The topological polar surface area (TPSA) is 0 Å². The van der Waals surface area contributed by atoms with E-state index in [9.17, 15) is 0 Å². The van der Waals surface area contributed by atoms with Gasteiger partial charge in [-0.15, -0.1) is 0 Å². The number of rotatable bonds is 6. The zero-order chi connectivity index (χ0) is 25.8. The minimum atomic E-state index is 0. The molecule has 0 nitrogen and oxygen atoms in total. The molecule has 0 aliphatic heterocycles. The van der Waals surface area contributed by atoms with Gasteiger partial charge in [0.1, 0.15) is 0 Å². The number of hydrogen-bond acceptors (Lipinski definition) is 0. The van der Waals surface area contributed by atoms with Gasteiger partial charge in [0.25, 0.3) is 0 Å². The Morgan fingerprint density at radius 3 is 0.462 bits per heavy atom. The van der Waals surface area contributed by atoms with Gasteiger partial charge in [0.2, 0.25) is 0 Å². The van der Waals surface area contributed by atoms with Gasteiger partial charge in [-0.25, -0.2) is 0 Å². The van der Waals surface area contributed by atoms with Crippen LogP contribution in [0.2, 0.25) is 0 Å². The Bertz CT molecular complexity index is 1160. The van der Waals surface area contributed by atoms with Crippen molar-refractivity contribution < 1.29 is 0 Å². The van der Waals surface area contributed by atoms with Crippen molar-refractivity contribution in [1.29, 1.82) is 0 Å². The summed E-state index contributed by atoms with van der Waals surface area (Å²) in [4.78, 5) is 0. The SMILES string of the molecule is [Ca+2].c1ccc([C-](c2ccccc2)c2ccccc2)cc1.c1ccc([C-](c2ccccc2)c2ccccc2)cc1. The molecule has 6 rings (SSSR count). The van der Waals surface area contributed by atoms with Crippen molar-refractivity contribution in [1.82, 2.24) is 0 Å². The third-order valence-corrected chi connectivity index (χ3v) is 6.37. The normalized spacial score (nSPS) is 9.85. The van der Waals surface area contributed by atoms with Gasteiger partial charge in [-0.05, 0) is 0 Å². The minimum Gasteiger partial charge on any atom is -0.0999 e. The van der Waals surface area contributed by atoms with Crippen LogP contribution in [-0.2, 0) is 0 Å². The molecule has 6 aromatic carbocycles. The Labute approximate surface area is 263 Å². The maximum atomic E-state index is 2.16. The first kappa shape index (κ1) is 28.3. The quantitative estimate of drug-likeness (QED) is 0.115. The van der Waals surface area contributed by atoms with Crippen molar-refractivity contribution in [3.8, 4) is 0 Å². The Morgan fingerprint density at radius 1 is 0.205 bits per heavy atom. The van der Waals surface area contributed by atoms with Crippen molar-refractivity contribution in [3.63, 3.8) is 0 Å². The van der Waals surface area contributed by atoms with Crippen LogP contribution in [0.4, 0.5) is 0 Å². The standard InChI is InChI=1S/2C19H15.Ca/c2*1-4-10-16(11-5-1)19(17-12-6-2-7-13-17)18-14-8-3-9-15-18;/h2*1-15H;/q2*-1;+2. The van der Waals surface area contributed by atoms with E-state index in [0.29, 0.717) is 0 Å². The van der Waals surface area contributed by atoms with Crippen LogP contribution in [0.3, 0.4) is 0 Å². The molecule has 0 saturated carbocycles. The molecule has 0 radical (unpaired) electrons. The molecule has 39 heavy (non-hydrogen) atoms. The average Bonchev–Trinajstić information content (AvgIpc) is 3.01. The molecule has 0 N–H and O–H groups in total. The van der Waals surface area contributed by atoms with E-state index in [1.165, 1.54) is 45.2 Å². The summed E-state index contributed by atoms with van der Waals surface area (Å²) in [5.74, 6) is 2.56. The van der Waals surface area contributed by atoms with Gasteiger partial charge in [0.15, 0.2) is 0 Å². The maximum absolute atomic E-state index is 2.16. The summed E-state index contributed by atoms with van der Waals surface area (Å²) in [6.45, 7) is 0. The Morgan fingerprint density at radius 2 is 0.333 bits per heavy atom. The summed E-state index contributed by atoms with van der Waals surface area (Å²) in [5.41, 5.74) is 7.50. The smallest absolute Gasteiger partial charge is 0.0999 e. The van der Waals surface area contributed by atoms with Crippen LogP contribution in [0, 0.1) is 11.8 Å². The molecule has 1 heteroatoms. The summed E-state index contributed by atoms with van der Waals surface area (Å²) < 4.78 is 0.